The van der Waals surface area contributed by atoms with E-state index in [0.29, 0.717) is 10.9 Å². The van der Waals surface area contributed by atoms with Crippen LogP contribution in [-0.2, 0) is 4.57 Å². The molecule has 3 nitrogen and oxygen atoms in total. The number of hydrogen-bond donors (Lipinski definition) is 0. The molecular weight excluding hydrogens is 339 g/mol. The fourth-order valence-corrected chi connectivity index (χ4v) is 5.41. The number of nitrogens with zero attached hydrogens (tertiary/aromatic N) is 2. The second kappa shape index (κ2) is 7.07. The zero-order chi connectivity index (χ0) is 17.8. The lowest BCUT2D eigenvalue weighted by molar-refractivity contribution is 0.591. The van der Waals surface area contributed by atoms with Gasteiger partial charge in [0, 0.05) is 17.7 Å². The first-order chi connectivity index (χ1) is 12.8. The summed E-state index contributed by atoms with van der Waals surface area (Å²) < 4.78 is 14.3. The lowest BCUT2D eigenvalue weighted by Gasteiger charge is -2.18. The van der Waals surface area contributed by atoms with Gasteiger partial charge in [0.05, 0.1) is 0 Å². The molecule has 0 aliphatic rings. The Kier molecular flexibility index (Phi) is 4.47. The lowest BCUT2D eigenvalue weighted by Crippen LogP contribution is -2.28. The van der Waals surface area contributed by atoms with Gasteiger partial charge in [-0.1, -0.05) is 60.7 Å². The lowest BCUT2D eigenvalue weighted by atomic mass is 10.1. The number of benzene rings is 2. The van der Waals surface area contributed by atoms with Crippen LogP contribution in [0.2, 0.25) is 0 Å². The number of aromatic nitrogens is 2. The van der Waals surface area contributed by atoms with E-state index in [9.17, 15) is 4.57 Å². The normalized spacial score (nSPS) is 11.2. The quantitative estimate of drug-likeness (QED) is 0.523. The van der Waals surface area contributed by atoms with Gasteiger partial charge in [0.2, 0.25) is 7.14 Å². The number of hydrogen-bond acceptors (Lipinski definition) is 3. The highest BCUT2D eigenvalue weighted by Gasteiger charge is 2.32. The van der Waals surface area contributed by atoms with E-state index < -0.39 is 7.14 Å². The highest BCUT2D eigenvalue weighted by Crippen LogP contribution is 2.41. The van der Waals surface area contributed by atoms with Gasteiger partial charge in [0.25, 0.3) is 0 Å². The highest BCUT2D eigenvalue weighted by molar-refractivity contribution is 7.84. The van der Waals surface area contributed by atoms with E-state index in [1.807, 2.05) is 91.0 Å². The Labute approximate surface area is 152 Å². The van der Waals surface area contributed by atoms with E-state index in [1.54, 1.807) is 12.4 Å². The molecule has 126 valence electrons. The van der Waals surface area contributed by atoms with E-state index >= 15 is 0 Å². The fraction of sp³-hybridized carbons (Fsp3) is 0. The Morgan fingerprint density at radius 1 is 0.577 bits per heavy atom. The molecular formula is C22H17N2OP. The number of pyridine rings is 2. The molecule has 0 radical (unpaired) electrons. The second-order valence-electron chi connectivity index (χ2n) is 5.90. The topological polar surface area (TPSA) is 42.9 Å². The third-order valence-corrected chi connectivity index (χ3v) is 7.09. The molecule has 0 N–H and O–H groups in total. The van der Waals surface area contributed by atoms with Crippen molar-refractivity contribution in [2.75, 3.05) is 0 Å². The van der Waals surface area contributed by atoms with Gasteiger partial charge in [-0.2, -0.15) is 0 Å². The van der Waals surface area contributed by atoms with E-state index in [-0.39, 0.29) is 0 Å². The molecule has 0 saturated carbocycles. The van der Waals surface area contributed by atoms with Crippen LogP contribution in [0.1, 0.15) is 0 Å². The summed E-state index contributed by atoms with van der Waals surface area (Å²) in [6.07, 6.45) is 3.35. The standard InChI is InChI=1S/C22H17N2OP/c25-26(21-13-4-6-15-23-21,22-14-5-7-16-24-22)20-12-8-11-19(17-20)18-9-2-1-3-10-18/h1-17H. The van der Waals surface area contributed by atoms with Crippen LogP contribution in [0.15, 0.2) is 103 Å². The molecule has 4 aromatic rings. The summed E-state index contributed by atoms with van der Waals surface area (Å²) in [6, 6.07) is 28.9. The summed E-state index contributed by atoms with van der Waals surface area (Å²) in [5.74, 6) is 0. The van der Waals surface area contributed by atoms with Gasteiger partial charge in [-0.15, -0.1) is 0 Å². The summed E-state index contributed by atoms with van der Waals surface area (Å²) >= 11 is 0. The Hall–Kier alpha value is -3.03. The smallest absolute Gasteiger partial charge is 0.205 e. The van der Waals surface area contributed by atoms with Crippen LogP contribution in [0, 0.1) is 0 Å². The average molecular weight is 356 g/mol. The Morgan fingerprint density at radius 2 is 1.15 bits per heavy atom. The summed E-state index contributed by atoms with van der Waals surface area (Å²) in [5.41, 5.74) is 3.20. The van der Waals surface area contributed by atoms with Crippen LogP contribution in [0.25, 0.3) is 11.1 Å². The predicted molar refractivity (Wildman–Crippen MR) is 107 cm³/mol. The summed E-state index contributed by atoms with van der Waals surface area (Å²) in [5, 5.41) is 0.733. The Bertz CT molecular complexity index is 1010. The van der Waals surface area contributed by atoms with Gasteiger partial charge < -0.3 is 4.57 Å². The summed E-state index contributed by atoms with van der Waals surface area (Å²) in [7, 11) is -3.15. The van der Waals surface area contributed by atoms with Crippen LogP contribution in [0.5, 0.6) is 0 Å². The minimum absolute atomic E-state index is 0.545. The monoisotopic (exact) mass is 356 g/mol. The second-order valence-corrected chi connectivity index (χ2v) is 8.55. The van der Waals surface area contributed by atoms with E-state index in [2.05, 4.69) is 9.97 Å². The molecule has 0 spiro atoms. The van der Waals surface area contributed by atoms with Gasteiger partial charge in [-0.05, 0) is 41.5 Å². The van der Waals surface area contributed by atoms with Crippen molar-refractivity contribution in [2.24, 2.45) is 0 Å². The van der Waals surface area contributed by atoms with Crippen molar-refractivity contribution in [1.82, 2.24) is 9.97 Å². The van der Waals surface area contributed by atoms with Gasteiger partial charge >= 0.3 is 0 Å². The molecule has 2 aromatic heterocycles. The third kappa shape index (κ3) is 2.98. The molecule has 4 rings (SSSR count). The van der Waals surface area contributed by atoms with Crippen molar-refractivity contribution < 1.29 is 4.57 Å². The Morgan fingerprint density at radius 3 is 1.73 bits per heavy atom. The van der Waals surface area contributed by atoms with Crippen LogP contribution in [-0.4, -0.2) is 9.97 Å². The largest absolute Gasteiger partial charge is 0.305 e. The minimum Gasteiger partial charge on any atom is -0.305 e. The Balaban J connectivity index is 1.93. The predicted octanol–water partition coefficient (Wildman–Crippen LogP) is 3.78. The van der Waals surface area contributed by atoms with Crippen molar-refractivity contribution in [3.8, 4) is 11.1 Å². The molecule has 26 heavy (non-hydrogen) atoms. The van der Waals surface area contributed by atoms with Crippen LogP contribution in [0.3, 0.4) is 0 Å². The van der Waals surface area contributed by atoms with E-state index in [1.165, 1.54) is 0 Å². The van der Waals surface area contributed by atoms with Crippen molar-refractivity contribution in [2.45, 2.75) is 0 Å². The molecule has 0 atom stereocenters. The molecule has 4 heteroatoms. The first kappa shape index (κ1) is 16.4. The maximum absolute atomic E-state index is 14.3. The molecule has 0 unspecified atom stereocenters. The zero-order valence-electron chi connectivity index (χ0n) is 14.1. The van der Waals surface area contributed by atoms with E-state index in [4.69, 9.17) is 0 Å². The fourth-order valence-electron chi connectivity index (χ4n) is 2.97. The van der Waals surface area contributed by atoms with Crippen molar-refractivity contribution in [1.29, 1.82) is 0 Å². The van der Waals surface area contributed by atoms with Crippen molar-refractivity contribution in [3.63, 3.8) is 0 Å². The molecule has 0 saturated heterocycles. The summed E-state index contributed by atoms with van der Waals surface area (Å²) in [6.45, 7) is 0. The minimum atomic E-state index is -3.15. The maximum Gasteiger partial charge on any atom is 0.205 e. The first-order valence-electron chi connectivity index (χ1n) is 8.38. The molecule has 0 amide bonds. The van der Waals surface area contributed by atoms with Gasteiger partial charge in [-0.25, -0.2) is 0 Å². The maximum atomic E-state index is 14.3. The molecule has 0 aliphatic heterocycles. The molecule has 0 fully saturated rings. The SMILES string of the molecule is O=P(c1cccc(-c2ccccc2)c1)(c1ccccn1)c1ccccn1. The summed E-state index contributed by atoms with van der Waals surface area (Å²) in [4.78, 5) is 8.81. The third-order valence-electron chi connectivity index (χ3n) is 4.26. The average Bonchev–Trinajstić information content (AvgIpc) is 2.75. The number of rotatable bonds is 4. The van der Waals surface area contributed by atoms with Crippen molar-refractivity contribution in [3.05, 3.63) is 103 Å². The van der Waals surface area contributed by atoms with E-state index in [0.717, 1.165) is 16.4 Å². The van der Waals surface area contributed by atoms with Crippen LogP contribution in [0.4, 0.5) is 0 Å². The van der Waals surface area contributed by atoms with Crippen molar-refractivity contribution >= 4 is 23.3 Å². The van der Waals surface area contributed by atoms with Crippen LogP contribution >= 0.6 is 7.14 Å². The molecule has 2 aromatic carbocycles. The zero-order valence-corrected chi connectivity index (χ0v) is 15.0. The van der Waals surface area contributed by atoms with Gasteiger partial charge in [-0.3, -0.25) is 9.97 Å². The van der Waals surface area contributed by atoms with Crippen LogP contribution < -0.4 is 16.2 Å². The van der Waals surface area contributed by atoms with Gasteiger partial charge in [0.15, 0.2) is 0 Å². The van der Waals surface area contributed by atoms with Gasteiger partial charge in [0.1, 0.15) is 10.9 Å². The molecule has 0 aliphatic carbocycles. The molecule has 0 bridgehead atoms. The highest BCUT2D eigenvalue weighted by atomic mass is 31.2. The first-order valence-corrected chi connectivity index (χ1v) is 10.1. The molecule has 2 heterocycles.